The van der Waals surface area contributed by atoms with Gasteiger partial charge in [0.25, 0.3) is 0 Å². The molecule has 4 heteroatoms. The van der Waals surface area contributed by atoms with Crippen LogP contribution in [0.2, 0.25) is 0 Å². The normalized spacial score (nSPS) is 19.8. The van der Waals surface area contributed by atoms with E-state index in [1.54, 1.807) is 14.2 Å². The zero-order valence-corrected chi connectivity index (χ0v) is 10.5. The molecule has 0 spiro atoms. The molecule has 1 aliphatic rings. The van der Waals surface area contributed by atoms with Crippen LogP contribution in [0.25, 0.3) is 0 Å². The first-order valence-electron chi connectivity index (χ1n) is 5.81. The molecule has 2 atom stereocenters. The molecule has 0 saturated carbocycles. The Bertz CT molecular complexity index is 377. The van der Waals surface area contributed by atoms with E-state index in [0.29, 0.717) is 6.10 Å². The number of hydrogen-bond acceptors (Lipinski definition) is 4. The molecular formula is C13H19NO3. The first kappa shape index (κ1) is 12.2. The van der Waals surface area contributed by atoms with Crippen molar-refractivity contribution in [2.45, 2.75) is 19.1 Å². The van der Waals surface area contributed by atoms with Crippen molar-refractivity contribution in [3.8, 4) is 11.5 Å². The van der Waals surface area contributed by atoms with E-state index in [1.807, 2.05) is 18.2 Å². The Kier molecular flexibility index (Phi) is 3.86. The van der Waals surface area contributed by atoms with Crippen LogP contribution in [0.3, 0.4) is 0 Å². The first-order valence-corrected chi connectivity index (χ1v) is 5.81. The van der Waals surface area contributed by atoms with Gasteiger partial charge in [-0.3, -0.25) is 0 Å². The summed E-state index contributed by atoms with van der Waals surface area (Å²) in [7, 11) is 3.29. The highest BCUT2D eigenvalue weighted by Crippen LogP contribution is 2.29. The lowest BCUT2D eigenvalue weighted by atomic mass is 10.1. The van der Waals surface area contributed by atoms with Crippen molar-refractivity contribution in [2.75, 3.05) is 27.4 Å². The summed E-state index contributed by atoms with van der Waals surface area (Å²) >= 11 is 0. The lowest BCUT2D eigenvalue weighted by molar-refractivity contribution is 0.353. The number of ether oxygens (including phenoxy) is 3. The van der Waals surface area contributed by atoms with Gasteiger partial charge in [0.05, 0.1) is 26.9 Å². The van der Waals surface area contributed by atoms with Crippen LogP contribution >= 0.6 is 0 Å². The minimum atomic E-state index is 0.277. The molecule has 0 aromatic heterocycles. The third kappa shape index (κ3) is 3.11. The summed E-state index contributed by atoms with van der Waals surface area (Å²) in [6.45, 7) is 3.91. The maximum absolute atomic E-state index is 5.29. The molecule has 2 rings (SSSR count). The van der Waals surface area contributed by atoms with Gasteiger partial charge in [0, 0.05) is 12.6 Å². The topological polar surface area (TPSA) is 43.0 Å². The molecule has 0 amide bonds. The number of benzene rings is 1. The second kappa shape index (κ2) is 5.38. The molecule has 1 aliphatic heterocycles. The molecule has 2 unspecified atom stereocenters. The van der Waals surface area contributed by atoms with Crippen LogP contribution in [0, 0.1) is 0 Å². The lowest BCUT2D eigenvalue weighted by Gasteiger charge is -2.15. The summed E-state index contributed by atoms with van der Waals surface area (Å²) in [5.74, 6) is 1.52. The molecule has 1 aromatic carbocycles. The smallest absolute Gasteiger partial charge is 0.161 e. The van der Waals surface area contributed by atoms with E-state index < -0.39 is 0 Å². The summed E-state index contributed by atoms with van der Waals surface area (Å²) in [4.78, 5) is 0. The van der Waals surface area contributed by atoms with Crippen molar-refractivity contribution in [3.05, 3.63) is 23.8 Å². The van der Waals surface area contributed by atoms with Gasteiger partial charge in [0.2, 0.25) is 0 Å². The predicted octanol–water partition coefficient (Wildman–Crippen LogP) is 1.75. The number of nitrogens with one attached hydrogen (secondary N) is 1. The van der Waals surface area contributed by atoms with Gasteiger partial charge in [0.1, 0.15) is 0 Å². The quantitative estimate of drug-likeness (QED) is 0.765. The Labute approximate surface area is 102 Å². The number of hydrogen-bond donors (Lipinski definition) is 1. The van der Waals surface area contributed by atoms with Gasteiger partial charge in [-0.2, -0.15) is 0 Å². The Morgan fingerprint density at radius 2 is 2.06 bits per heavy atom. The molecule has 0 radical (unpaired) electrons. The Morgan fingerprint density at radius 3 is 2.65 bits per heavy atom. The van der Waals surface area contributed by atoms with Crippen LogP contribution in [-0.4, -0.2) is 33.5 Å². The average molecular weight is 237 g/mol. The number of epoxide rings is 1. The monoisotopic (exact) mass is 237 g/mol. The second-order valence-electron chi connectivity index (χ2n) is 4.20. The van der Waals surface area contributed by atoms with Gasteiger partial charge >= 0.3 is 0 Å². The molecule has 0 aliphatic carbocycles. The highest BCUT2D eigenvalue weighted by Gasteiger charge is 2.22. The summed E-state index contributed by atoms with van der Waals surface area (Å²) in [5, 5.41) is 3.43. The maximum atomic E-state index is 5.29. The maximum Gasteiger partial charge on any atom is 0.161 e. The van der Waals surface area contributed by atoms with Crippen molar-refractivity contribution in [1.29, 1.82) is 0 Å². The van der Waals surface area contributed by atoms with E-state index >= 15 is 0 Å². The molecule has 1 fully saturated rings. The predicted molar refractivity (Wildman–Crippen MR) is 65.7 cm³/mol. The lowest BCUT2D eigenvalue weighted by Crippen LogP contribution is -2.23. The van der Waals surface area contributed by atoms with E-state index in [0.717, 1.165) is 24.7 Å². The fourth-order valence-corrected chi connectivity index (χ4v) is 1.73. The van der Waals surface area contributed by atoms with Gasteiger partial charge in [-0.25, -0.2) is 0 Å². The van der Waals surface area contributed by atoms with Crippen LogP contribution < -0.4 is 14.8 Å². The van der Waals surface area contributed by atoms with Crippen LogP contribution in [0.5, 0.6) is 11.5 Å². The van der Waals surface area contributed by atoms with E-state index in [-0.39, 0.29) is 6.04 Å². The van der Waals surface area contributed by atoms with Crippen molar-refractivity contribution >= 4 is 0 Å². The molecule has 1 N–H and O–H groups in total. The van der Waals surface area contributed by atoms with E-state index in [1.165, 1.54) is 5.56 Å². The molecule has 1 saturated heterocycles. The standard InChI is InChI=1S/C13H19NO3/c1-9(14-7-11-8-17-11)10-4-5-12(15-2)13(6-10)16-3/h4-6,9,11,14H,7-8H2,1-3H3. The van der Waals surface area contributed by atoms with E-state index in [4.69, 9.17) is 14.2 Å². The first-order chi connectivity index (χ1) is 8.24. The van der Waals surface area contributed by atoms with Crippen molar-refractivity contribution in [3.63, 3.8) is 0 Å². The molecule has 0 bridgehead atoms. The molecular weight excluding hydrogens is 218 g/mol. The summed E-state index contributed by atoms with van der Waals surface area (Å²) in [5.41, 5.74) is 1.18. The van der Waals surface area contributed by atoms with Crippen LogP contribution in [-0.2, 0) is 4.74 Å². The summed E-state index contributed by atoms with van der Waals surface area (Å²) in [6, 6.07) is 6.26. The molecule has 1 aromatic rings. The minimum Gasteiger partial charge on any atom is -0.493 e. The Balaban J connectivity index is 2.02. The van der Waals surface area contributed by atoms with Crippen LogP contribution in [0.15, 0.2) is 18.2 Å². The van der Waals surface area contributed by atoms with Gasteiger partial charge in [-0.05, 0) is 24.6 Å². The average Bonchev–Trinajstić information content (AvgIpc) is 3.19. The third-order valence-electron chi connectivity index (χ3n) is 2.96. The summed E-state index contributed by atoms with van der Waals surface area (Å²) in [6.07, 6.45) is 0.401. The molecule has 17 heavy (non-hydrogen) atoms. The number of methoxy groups -OCH3 is 2. The van der Waals surface area contributed by atoms with Crippen molar-refractivity contribution < 1.29 is 14.2 Å². The highest BCUT2D eigenvalue weighted by atomic mass is 16.6. The fraction of sp³-hybridized carbons (Fsp3) is 0.538. The number of rotatable bonds is 6. The van der Waals surface area contributed by atoms with Gasteiger partial charge in [-0.15, -0.1) is 0 Å². The van der Waals surface area contributed by atoms with E-state index in [2.05, 4.69) is 12.2 Å². The van der Waals surface area contributed by atoms with Gasteiger partial charge in [-0.1, -0.05) is 6.07 Å². The van der Waals surface area contributed by atoms with E-state index in [9.17, 15) is 0 Å². The van der Waals surface area contributed by atoms with Gasteiger partial charge in [0.15, 0.2) is 11.5 Å². The molecule has 1 heterocycles. The Morgan fingerprint density at radius 1 is 1.35 bits per heavy atom. The molecule has 4 nitrogen and oxygen atoms in total. The fourth-order valence-electron chi connectivity index (χ4n) is 1.73. The largest absolute Gasteiger partial charge is 0.493 e. The SMILES string of the molecule is COc1ccc(C(C)NCC2CO2)cc1OC. The molecule has 94 valence electrons. The van der Waals surface area contributed by atoms with Crippen molar-refractivity contribution in [2.24, 2.45) is 0 Å². The summed E-state index contributed by atoms with van der Waals surface area (Å²) < 4.78 is 15.7. The zero-order chi connectivity index (χ0) is 12.3. The van der Waals surface area contributed by atoms with Crippen LogP contribution in [0.4, 0.5) is 0 Å². The van der Waals surface area contributed by atoms with Crippen LogP contribution in [0.1, 0.15) is 18.5 Å². The third-order valence-corrected chi connectivity index (χ3v) is 2.96. The minimum absolute atomic E-state index is 0.277. The zero-order valence-electron chi connectivity index (χ0n) is 10.5. The van der Waals surface area contributed by atoms with Crippen molar-refractivity contribution in [1.82, 2.24) is 5.32 Å². The highest BCUT2D eigenvalue weighted by molar-refractivity contribution is 5.43. The Hall–Kier alpha value is -1.26. The van der Waals surface area contributed by atoms with Gasteiger partial charge < -0.3 is 19.5 Å². The second-order valence-corrected chi connectivity index (χ2v) is 4.20.